The highest BCUT2D eigenvalue weighted by atomic mass is 35.5. The molecule has 192 valence electrons. The normalized spacial score (nSPS) is 12.3. The topological polar surface area (TPSA) is 96.8 Å². The van der Waals surface area contributed by atoms with Crippen LogP contribution in [0, 0.1) is 6.92 Å². The third-order valence-corrected chi connectivity index (χ3v) is 5.07. The highest BCUT2D eigenvalue weighted by molar-refractivity contribution is 6.32. The Morgan fingerprint density at radius 3 is 2.43 bits per heavy atom. The number of hydrogen-bond donors (Lipinski definition) is 1. The number of ether oxygens (including phenoxy) is 3. The quantitative estimate of drug-likeness (QED) is 0.321. The van der Waals surface area contributed by atoms with E-state index < -0.39 is 36.9 Å². The van der Waals surface area contributed by atoms with E-state index in [1.54, 1.807) is 18.2 Å². The molecule has 12 heteroatoms. The first kappa shape index (κ1) is 28.2. The van der Waals surface area contributed by atoms with Gasteiger partial charge in [-0.15, -0.1) is 0 Å². The molecule has 0 bridgehead atoms. The zero-order valence-electron chi connectivity index (χ0n) is 18.9. The fourth-order valence-electron chi connectivity index (χ4n) is 2.92. The molecule has 0 heterocycles. The lowest BCUT2D eigenvalue weighted by Crippen LogP contribution is -2.37. The maximum Gasteiger partial charge on any atom is 0.545 e. The summed E-state index contributed by atoms with van der Waals surface area (Å²) in [5, 5.41) is 10.2. The number of halogens is 5. The summed E-state index contributed by atoms with van der Waals surface area (Å²) < 4.78 is 66.2. The van der Waals surface area contributed by atoms with Gasteiger partial charge >= 0.3 is 18.3 Å². The summed E-state index contributed by atoms with van der Waals surface area (Å²) in [6.45, 7) is -0.169. The largest absolute Gasteiger partial charge is 0.563 e. The number of amides is 1. The maximum absolute atomic E-state index is 13.1. The smallest absolute Gasteiger partial charge is 0.545 e. The zero-order valence-corrected chi connectivity index (χ0v) is 19.6. The Kier molecular flexibility index (Phi) is 10.1. The van der Waals surface area contributed by atoms with Crippen LogP contribution in [0.4, 0.5) is 17.6 Å². The van der Waals surface area contributed by atoms with E-state index in [1.165, 1.54) is 25.3 Å². The van der Waals surface area contributed by atoms with Crippen molar-refractivity contribution in [2.75, 3.05) is 20.3 Å². The number of carbonyl (C=O) groups is 2. The van der Waals surface area contributed by atoms with Crippen LogP contribution in [0.25, 0.3) is 0 Å². The van der Waals surface area contributed by atoms with E-state index in [0.717, 1.165) is 5.56 Å². The molecule has 0 aliphatic rings. The first-order valence-corrected chi connectivity index (χ1v) is 10.6. The van der Waals surface area contributed by atoms with E-state index in [-0.39, 0.29) is 19.6 Å². The Labute approximate surface area is 203 Å². The molecule has 2 rings (SSSR count). The predicted octanol–water partition coefficient (Wildman–Crippen LogP) is 3.43. The Morgan fingerprint density at radius 2 is 1.83 bits per heavy atom. The molecule has 0 fully saturated rings. The molecular weight excluding hydrogens is 498 g/mol. The summed E-state index contributed by atoms with van der Waals surface area (Å²) in [5.41, 5.74) is 1.78. The SMILES string of the molecule is COc1ccc(CC(OCC(F)(F)C(F)F)C(=O)[OH2+])cc1CNC(=O)COc1ccc(C)cc1Cl. The standard InChI is InChI=1S/C23H24ClF4NO6/c1-13-3-5-18(16(24)7-13)34-11-20(30)29-10-15-8-14(4-6-17(15)33-2)9-19(21(31)32)35-12-23(27,28)22(25)26/h3-8,19,22H,9-12H2,1-2H3,(H,29,30)(H,31,32)/p+1. The van der Waals surface area contributed by atoms with E-state index in [2.05, 4.69) is 10.1 Å². The van der Waals surface area contributed by atoms with Crippen LogP contribution in [0.1, 0.15) is 16.7 Å². The van der Waals surface area contributed by atoms with Gasteiger partial charge in [-0.05, 0) is 36.2 Å². The van der Waals surface area contributed by atoms with Crippen molar-refractivity contribution in [2.45, 2.75) is 38.3 Å². The van der Waals surface area contributed by atoms with E-state index >= 15 is 0 Å². The Bertz CT molecular complexity index is 1040. The van der Waals surface area contributed by atoms with Gasteiger partial charge in [-0.25, -0.2) is 8.78 Å². The van der Waals surface area contributed by atoms with Crippen molar-refractivity contribution in [1.29, 1.82) is 0 Å². The van der Waals surface area contributed by atoms with E-state index in [4.69, 9.17) is 26.2 Å². The lowest BCUT2D eigenvalue weighted by Gasteiger charge is -2.18. The average Bonchev–Trinajstić information content (AvgIpc) is 2.79. The summed E-state index contributed by atoms with van der Waals surface area (Å²) in [6, 6.07) is 9.64. The van der Waals surface area contributed by atoms with Gasteiger partial charge in [0.05, 0.1) is 12.1 Å². The van der Waals surface area contributed by atoms with Crippen molar-refractivity contribution < 1.29 is 46.5 Å². The molecule has 1 unspecified atom stereocenters. The second-order valence-corrected chi connectivity index (χ2v) is 7.98. The van der Waals surface area contributed by atoms with Crippen LogP contribution in [0.3, 0.4) is 0 Å². The number of methoxy groups -OCH3 is 1. The molecule has 2 aromatic carbocycles. The molecule has 0 aliphatic carbocycles. The predicted molar refractivity (Wildman–Crippen MR) is 120 cm³/mol. The summed E-state index contributed by atoms with van der Waals surface area (Å²) >= 11 is 6.07. The van der Waals surface area contributed by atoms with E-state index in [0.29, 0.717) is 27.6 Å². The van der Waals surface area contributed by atoms with Gasteiger partial charge in [0.2, 0.25) is 6.10 Å². The fraction of sp³-hybridized carbons (Fsp3) is 0.391. The molecule has 1 atom stereocenters. The van der Waals surface area contributed by atoms with Crippen molar-refractivity contribution >= 4 is 23.5 Å². The molecule has 35 heavy (non-hydrogen) atoms. The summed E-state index contributed by atoms with van der Waals surface area (Å²) in [4.78, 5) is 23.7. The van der Waals surface area contributed by atoms with Gasteiger partial charge in [-0.2, -0.15) is 8.78 Å². The summed E-state index contributed by atoms with van der Waals surface area (Å²) in [7, 11) is 1.40. The monoisotopic (exact) mass is 522 g/mol. The average molecular weight is 523 g/mol. The molecule has 0 spiro atoms. The maximum atomic E-state index is 13.1. The second-order valence-electron chi connectivity index (χ2n) is 7.58. The van der Waals surface area contributed by atoms with Crippen molar-refractivity contribution in [3.8, 4) is 11.5 Å². The Balaban J connectivity index is 2.01. The molecular formula is C23H25ClF4NO6+. The minimum Gasteiger partial charge on any atom is -0.563 e. The fourth-order valence-corrected chi connectivity index (χ4v) is 3.21. The van der Waals surface area contributed by atoms with Crippen LogP contribution >= 0.6 is 11.6 Å². The van der Waals surface area contributed by atoms with E-state index in [1.807, 2.05) is 6.92 Å². The van der Waals surface area contributed by atoms with Crippen LogP contribution in [0.5, 0.6) is 11.5 Å². The first-order valence-electron chi connectivity index (χ1n) is 10.3. The third kappa shape index (κ3) is 8.59. The van der Waals surface area contributed by atoms with Gasteiger partial charge in [0.15, 0.2) is 6.61 Å². The zero-order chi connectivity index (χ0) is 26.2. The van der Waals surface area contributed by atoms with Crippen LogP contribution in [0.15, 0.2) is 36.4 Å². The highest BCUT2D eigenvalue weighted by Gasteiger charge is 2.43. The lowest BCUT2D eigenvalue weighted by molar-refractivity contribution is -0.185. The van der Waals surface area contributed by atoms with Gasteiger partial charge in [0.25, 0.3) is 5.91 Å². The van der Waals surface area contributed by atoms with Crippen molar-refractivity contribution in [2.24, 2.45) is 0 Å². The molecule has 0 radical (unpaired) electrons. The Morgan fingerprint density at radius 1 is 1.14 bits per heavy atom. The van der Waals surface area contributed by atoms with Gasteiger partial charge < -0.3 is 24.6 Å². The van der Waals surface area contributed by atoms with Crippen molar-refractivity contribution in [3.63, 3.8) is 0 Å². The van der Waals surface area contributed by atoms with Gasteiger partial charge in [0, 0.05) is 23.3 Å². The summed E-state index contributed by atoms with van der Waals surface area (Å²) in [6.07, 6.45) is -5.96. The first-order chi connectivity index (χ1) is 16.4. The minimum absolute atomic E-state index is 0.00929. The van der Waals surface area contributed by atoms with Gasteiger partial charge in [-0.3, -0.25) is 4.79 Å². The van der Waals surface area contributed by atoms with E-state index in [9.17, 15) is 27.2 Å². The second kappa shape index (κ2) is 12.6. The van der Waals surface area contributed by atoms with Crippen molar-refractivity contribution in [1.82, 2.24) is 5.32 Å². The van der Waals surface area contributed by atoms with Crippen molar-refractivity contribution in [3.05, 3.63) is 58.1 Å². The van der Waals surface area contributed by atoms with Crippen LogP contribution in [0.2, 0.25) is 5.02 Å². The lowest BCUT2D eigenvalue weighted by atomic mass is 10.0. The molecule has 0 aliphatic heterocycles. The molecule has 2 aromatic rings. The molecule has 7 nitrogen and oxygen atoms in total. The van der Waals surface area contributed by atoms with Gasteiger partial charge in [0.1, 0.15) is 18.1 Å². The number of hydrogen-bond acceptors (Lipinski definition) is 5. The van der Waals surface area contributed by atoms with Gasteiger partial charge in [-0.1, -0.05) is 29.8 Å². The molecule has 0 saturated carbocycles. The number of rotatable bonds is 13. The summed E-state index contributed by atoms with van der Waals surface area (Å²) in [5.74, 6) is -5.53. The number of aryl methyl sites for hydroxylation is 1. The third-order valence-electron chi connectivity index (χ3n) is 4.78. The number of alkyl halides is 4. The van der Waals surface area contributed by atoms with Crippen LogP contribution in [-0.2, 0) is 27.3 Å². The molecule has 1 amide bonds. The van der Waals surface area contributed by atoms with Crippen LogP contribution < -0.4 is 14.8 Å². The molecule has 0 aromatic heterocycles. The minimum atomic E-state index is -4.45. The number of nitrogens with one attached hydrogen (secondary N) is 1. The molecule has 0 saturated heterocycles. The highest BCUT2D eigenvalue weighted by Crippen LogP contribution is 2.26. The number of carbonyl (C=O) groups excluding carboxylic acids is 2. The van der Waals surface area contributed by atoms with Crippen LogP contribution in [-0.4, -0.2) is 55.8 Å². The number of benzene rings is 2. The molecule has 3 N–H and O–H groups in total. The Hall–Kier alpha value is -3.05.